The standard InChI is InChI=1S/C49H64N4O12/c1-50(2)41-17-9-37(10-18-41)45(54)62-29-25-58-33-49(34-59-26-30-63-46(55)38-11-19-42(20-12-38)51(3)4,35-60-27-31-64-47(56)39-13-21-43(22-14-39)52(5)6)36-61-28-32-65-48(57)40-15-23-44(24-16-40)53(7)8/h9-24H,25-36H2,1-8H3. The van der Waals surface area contributed by atoms with Crippen LogP contribution in [0.2, 0.25) is 0 Å². The molecule has 0 bridgehead atoms. The van der Waals surface area contributed by atoms with Gasteiger partial charge >= 0.3 is 23.9 Å². The number of benzene rings is 4. The van der Waals surface area contributed by atoms with Crippen LogP contribution >= 0.6 is 0 Å². The van der Waals surface area contributed by atoms with Crippen LogP contribution in [0.25, 0.3) is 0 Å². The molecule has 0 amide bonds. The molecule has 0 aromatic heterocycles. The van der Waals surface area contributed by atoms with Crippen molar-refractivity contribution in [3.8, 4) is 0 Å². The first-order valence-electron chi connectivity index (χ1n) is 21.3. The van der Waals surface area contributed by atoms with Crippen LogP contribution in [0, 0.1) is 5.41 Å². The fraction of sp³-hybridized carbons (Fsp3) is 0.429. The van der Waals surface area contributed by atoms with Crippen LogP contribution in [0.5, 0.6) is 0 Å². The molecule has 0 saturated carbocycles. The Kier molecular flexibility index (Phi) is 21.0. The predicted octanol–water partition coefficient (Wildman–Crippen LogP) is 5.73. The Morgan fingerprint density at radius 2 is 0.508 bits per heavy atom. The molecule has 0 fully saturated rings. The highest BCUT2D eigenvalue weighted by atomic mass is 16.6. The summed E-state index contributed by atoms with van der Waals surface area (Å²) in [4.78, 5) is 58.8. The fourth-order valence-corrected chi connectivity index (χ4v) is 6.09. The molecule has 0 aliphatic rings. The highest BCUT2D eigenvalue weighted by molar-refractivity contribution is 5.91. The summed E-state index contributed by atoms with van der Waals surface area (Å²) in [7, 11) is 15.3. The van der Waals surface area contributed by atoms with E-state index in [4.69, 9.17) is 37.9 Å². The molecule has 0 saturated heterocycles. The van der Waals surface area contributed by atoms with Gasteiger partial charge in [-0.25, -0.2) is 19.2 Å². The highest BCUT2D eigenvalue weighted by Gasteiger charge is 2.33. The first-order chi connectivity index (χ1) is 31.2. The molecule has 0 atom stereocenters. The van der Waals surface area contributed by atoms with E-state index in [-0.39, 0.29) is 79.3 Å². The summed E-state index contributed by atoms with van der Waals surface area (Å²) in [6.07, 6.45) is 0. The van der Waals surface area contributed by atoms with E-state index in [0.29, 0.717) is 22.3 Å². The van der Waals surface area contributed by atoms with E-state index in [1.54, 1.807) is 48.5 Å². The first-order valence-corrected chi connectivity index (χ1v) is 21.3. The van der Waals surface area contributed by atoms with Crippen molar-refractivity contribution in [3.05, 3.63) is 119 Å². The summed E-state index contributed by atoms with van der Waals surface area (Å²) in [6.45, 7) is 0.140. The van der Waals surface area contributed by atoms with Crippen molar-refractivity contribution < 1.29 is 57.1 Å². The molecule has 0 N–H and O–H groups in total. The van der Waals surface area contributed by atoms with Gasteiger partial charge in [0.15, 0.2) is 0 Å². The van der Waals surface area contributed by atoms with Crippen molar-refractivity contribution in [3.63, 3.8) is 0 Å². The molecule has 16 heteroatoms. The van der Waals surface area contributed by atoms with Gasteiger partial charge in [-0.05, 0) is 97.1 Å². The zero-order chi connectivity index (χ0) is 47.2. The second-order valence-electron chi connectivity index (χ2n) is 16.0. The molecule has 0 aliphatic heterocycles. The van der Waals surface area contributed by atoms with Crippen LogP contribution in [0.3, 0.4) is 0 Å². The van der Waals surface area contributed by atoms with Crippen LogP contribution in [-0.2, 0) is 37.9 Å². The number of esters is 4. The number of hydrogen-bond donors (Lipinski definition) is 0. The summed E-state index contributed by atoms with van der Waals surface area (Å²) in [5.41, 5.74) is 4.44. The van der Waals surface area contributed by atoms with Crippen molar-refractivity contribution in [2.45, 2.75) is 0 Å². The van der Waals surface area contributed by atoms with E-state index in [9.17, 15) is 19.2 Å². The molecule has 0 heterocycles. The molecule has 0 radical (unpaired) electrons. The molecular formula is C49H64N4O12. The minimum absolute atomic E-state index is 0.0239. The van der Waals surface area contributed by atoms with Gasteiger partial charge in [-0.15, -0.1) is 0 Å². The van der Waals surface area contributed by atoms with Gasteiger partial charge in [0, 0.05) is 79.1 Å². The number of hydrogen-bond acceptors (Lipinski definition) is 16. The fourth-order valence-electron chi connectivity index (χ4n) is 6.09. The van der Waals surface area contributed by atoms with Crippen LogP contribution in [-0.4, -0.2) is 160 Å². The molecule has 4 aromatic carbocycles. The monoisotopic (exact) mass is 900 g/mol. The van der Waals surface area contributed by atoms with Crippen molar-refractivity contribution in [1.29, 1.82) is 0 Å². The lowest BCUT2D eigenvalue weighted by molar-refractivity contribution is -0.116. The van der Waals surface area contributed by atoms with Gasteiger partial charge < -0.3 is 57.5 Å². The first kappa shape index (κ1) is 51.4. The van der Waals surface area contributed by atoms with Crippen molar-refractivity contribution in [1.82, 2.24) is 0 Å². The Morgan fingerprint density at radius 1 is 0.323 bits per heavy atom. The topological polar surface area (TPSA) is 155 Å². The lowest BCUT2D eigenvalue weighted by atomic mass is 9.92. The van der Waals surface area contributed by atoms with E-state index < -0.39 is 29.3 Å². The highest BCUT2D eigenvalue weighted by Crippen LogP contribution is 2.22. The molecular weight excluding hydrogens is 837 g/mol. The number of rotatable bonds is 28. The van der Waals surface area contributed by atoms with Gasteiger partial charge in [-0.2, -0.15) is 0 Å². The molecule has 352 valence electrons. The maximum atomic E-state index is 12.8. The van der Waals surface area contributed by atoms with E-state index in [2.05, 4.69) is 0 Å². The van der Waals surface area contributed by atoms with E-state index in [0.717, 1.165) is 22.7 Å². The average Bonchev–Trinajstić information content (AvgIpc) is 3.30. The van der Waals surface area contributed by atoms with E-state index in [1.807, 2.05) is 125 Å². The Labute approximate surface area is 382 Å². The Bertz CT molecular complexity index is 1760. The summed E-state index contributed by atoms with van der Waals surface area (Å²) < 4.78 is 46.3. The molecule has 4 aromatic rings. The van der Waals surface area contributed by atoms with Crippen molar-refractivity contribution >= 4 is 46.6 Å². The molecule has 0 unspecified atom stereocenters. The lowest BCUT2D eigenvalue weighted by Gasteiger charge is -2.33. The smallest absolute Gasteiger partial charge is 0.338 e. The van der Waals surface area contributed by atoms with E-state index >= 15 is 0 Å². The molecule has 65 heavy (non-hydrogen) atoms. The maximum Gasteiger partial charge on any atom is 0.338 e. The third-order valence-electron chi connectivity index (χ3n) is 9.95. The minimum atomic E-state index is -0.976. The quantitative estimate of drug-likeness (QED) is 0.0387. The lowest BCUT2D eigenvalue weighted by Crippen LogP contribution is -2.43. The molecule has 16 nitrogen and oxygen atoms in total. The zero-order valence-electron chi connectivity index (χ0n) is 38.9. The van der Waals surface area contributed by atoms with Crippen molar-refractivity contribution in [2.24, 2.45) is 5.41 Å². The third kappa shape index (κ3) is 17.4. The number of nitrogens with zero attached hydrogens (tertiary/aromatic N) is 4. The van der Waals surface area contributed by atoms with Crippen LogP contribution in [0.4, 0.5) is 22.7 Å². The Morgan fingerprint density at radius 3 is 0.677 bits per heavy atom. The van der Waals surface area contributed by atoms with Gasteiger partial charge in [0.25, 0.3) is 0 Å². The van der Waals surface area contributed by atoms with Gasteiger partial charge in [0.05, 0.1) is 80.5 Å². The number of carbonyl (C=O) groups is 4. The third-order valence-corrected chi connectivity index (χ3v) is 9.95. The largest absolute Gasteiger partial charge is 0.460 e. The minimum Gasteiger partial charge on any atom is -0.460 e. The molecule has 0 spiro atoms. The van der Waals surface area contributed by atoms with Crippen LogP contribution < -0.4 is 19.6 Å². The average molecular weight is 901 g/mol. The van der Waals surface area contributed by atoms with Gasteiger partial charge in [-0.3, -0.25) is 0 Å². The maximum absolute atomic E-state index is 12.8. The van der Waals surface area contributed by atoms with E-state index in [1.165, 1.54) is 0 Å². The summed E-state index contributed by atoms with van der Waals surface area (Å²) in [5.74, 6) is -1.96. The normalized spacial score (nSPS) is 11.1. The number of ether oxygens (including phenoxy) is 8. The Balaban J connectivity index is 1.39. The second-order valence-corrected chi connectivity index (χ2v) is 16.0. The number of carbonyl (C=O) groups excluding carboxylic acids is 4. The summed E-state index contributed by atoms with van der Waals surface area (Å²) in [6, 6.07) is 28.2. The van der Waals surface area contributed by atoms with Crippen LogP contribution in [0.15, 0.2) is 97.1 Å². The zero-order valence-corrected chi connectivity index (χ0v) is 38.9. The Hall–Kier alpha value is -6.20. The SMILES string of the molecule is CN(C)c1ccc(C(=O)OCCOCC(COCCOC(=O)c2ccc(N(C)C)cc2)(COCCOC(=O)c2ccc(N(C)C)cc2)COCCOC(=O)c2ccc(N(C)C)cc2)cc1. The van der Waals surface area contributed by atoms with Gasteiger partial charge in [-0.1, -0.05) is 0 Å². The van der Waals surface area contributed by atoms with Crippen LogP contribution in [0.1, 0.15) is 41.4 Å². The number of anilines is 4. The summed E-state index contributed by atoms with van der Waals surface area (Å²) in [5, 5.41) is 0. The molecule has 0 aliphatic carbocycles. The predicted molar refractivity (Wildman–Crippen MR) is 250 cm³/mol. The second kappa shape index (κ2) is 26.6. The molecule has 4 rings (SSSR count). The van der Waals surface area contributed by atoms with Gasteiger partial charge in [0.2, 0.25) is 0 Å². The van der Waals surface area contributed by atoms with Crippen molar-refractivity contribution in [2.75, 3.05) is 155 Å². The summed E-state index contributed by atoms with van der Waals surface area (Å²) >= 11 is 0. The van der Waals surface area contributed by atoms with Gasteiger partial charge in [0.1, 0.15) is 26.4 Å².